The van der Waals surface area contributed by atoms with Gasteiger partial charge in [0.15, 0.2) is 5.82 Å². The number of carbonyl (C=O) groups is 1. The molecule has 0 bridgehead atoms. The monoisotopic (exact) mass is 504 g/mol. The van der Waals surface area contributed by atoms with E-state index in [0.29, 0.717) is 34.3 Å². The van der Waals surface area contributed by atoms with Crippen molar-refractivity contribution in [2.45, 2.75) is 37.6 Å². The maximum atomic E-state index is 12.7. The number of fused-ring (bicyclic) bond motifs is 2. The Morgan fingerprint density at radius 2 is 2.03 bits per heavy atom. The number of likely N-dealkylation sites (N-methyl/N-ethyl adjacent to an activating group) is 2. The fourth-order valence-electron chi connectivity index (χ4n) is 5.49. The van der Waals surface area contributed by atoms with E-state index in [1.165, 1.54) is 36.6 Å². The molecule has 3 aliphatic rings. The van der Waals surface area contributed by atoms with E-state index < -0.39 is 5.92 Å². The van der Waals surface area contributed by atoms with Gasteiger partial charge in [-0.25, -0.2) is 10.0 Å². The molecule has 2 N–H and O–H groups in total. The molecule has 8 nitrogen and oxygen atoms in total. The first-order valence-electron chi connectivity index (χ1n) is 12.4. The third-order valence-electron chi connectivity index (χ3n) is 7.40. The zero-order chi connectivity index (χ0) is 25.0. The Labute approximate surface area is 215 Å². The molecule has 1 aromatic heterocycles. The Hall–Kier alpha value is -3.20. The van der Waals surface area contributed by atoms with E-state index in [1.54, 1.807) is 6.20 Å². The molecule has 9 heteroatoms. The molecule has 2 aromatic carbocycles. The Kier molecular flexibility index (Phi) is 5.82. The normalized spacial score (nSPS) is 19.1. The van der Waals surface area contributed by atoms with E-state index in [4.69, 9.17) is 16.6 Å². The summed E-state index contributed by atoms with van der Waals surface area (Å²) in [6.07, 6.45) is 5.20. The molecule has 0 radical (unpaired) electrons. The largest absolute Gasteiger partial charge is 0.324 e. The lowest BCUT2D eigenvalue weighted by atomic mass is 9.91. The van der Waals surface area contributed by atoms with Crippen molar-refractivity contribution in [3.8, 4) is 0 Å². The number of halogens is 1. The highest BCUT2D eigenvalue weighted by Gasteiger charge is 2.37. The maximum Gasteiger partial charge on any atom is 0.255 e. The van der Waals surface area contributed by atoms with Crippen LogP contribution in [0.25, 0.3) is 0 Å². The lowest BCUT2D eigenvalue weighted by Crippen LogP contribution is -2.31. The first-order chi connectivity index (χ1) is 17.4. The Balaban J connectivity index is 1.33. The number of hydrogen-bond acceptors (Lipinski definition) is 7. The Morgan fingerprint density at radius 3 is 2.81 bits per heavy atom. The average molecular weight is 505 g/mol. The van der Waals surface area contributed by atoms with Gasteiger partial charge in [-0.3, -0.25) is 10.0 Å². The van der Waals surface area contributed by atoms with Gasteiger partial charge in [0, 0.05) is 38.1 Å². The molecule has 1 fully saturated rings. The third-order valence-corrected chi connectivity index (χ3v) is 7.67. The van der Waals surface area contributed by atoms with Gasteiger partial charge in [-0.15, -0.1) is 0 Å². The van der Waals surface area contributed by atoms with Crippen LogP contribution < -0.4 is 10.2 Å². The minimum absolute atomic E-state index is 0.330. The number of anilines is 4. The molecule has 0 saturated heterocycles. The predicted molar refractivity (Wildman–Crippen MR) is 140 cm³/mol. The van der Waals surface area contributed by atoms with Crippen molar-refractivity contribution in [3.05, 3.63) is 69.9 Å². The highest BCUT2D eigenvalue weighted by molar-refractivity contribution is 6.33. The summed E-state index contributed by atoms with van der Waals surface area (Å²) in [5, 5.41) is 14.2. The number of aromatic nitrogens is 2. The molecular weight excluding hydrogens is 476 g/mol. The lowest BCUT2D eigenvalue weighted by molar-refractivity contribution is -0.160. The van der Waals surface area contributed by atoms with Crippen LogP contribution in [0.2, 0.25) is 5.02 Å². The van der Waals surface area contributed by atoms with Gasteiger partial charge >= 0.3 is 0 Å². The van der Waals surface area contributed by atoms with E-state index in [-0.39, 0.29) is 5.91 Å². The highest BCUT2D eigenvalue weighted by atomic mass is 35.5. The van der Waals surface area contributed by atoms with Gasteiger partial charge in [-0.1, -0.05) is 29.8 Å². The molecule has 6 rings (SSSR count). The number of rotatable bonds is 5. The van der Waals surface area contributed by atoms with Crippen LogP contribution in [0, 0.1) is 0 Å². The van der Waals surface area contributed by atoms with E-state index in [1.807, 2.05) is 29.2 Å². The van der Waals surface area contributed by atoms with Gasteiger partial charge in [0.1, 0.15) is 5.02 Å². The Morgan fingerprint density at radius 1 is 1.22 bits per heavy atom. The van der Waals surface area contributed by atoms with Crippen molar-refractivity contribution in [2.24, 2.45) is 0 Å². The second-order valence-corrected chi connectivity index (χ2v) is 10.4. The number of hydrogen-bond donors (Lipinski definition) is 2. The van der Waals surface area contributed by atoms with Gasteiger partial charge in [-0.2, -0.15) is 4.98 Å². The topological polar surface area (TPSA) is 84.8 Å². The van der Waals surface area contributed by atoms with E-state index in [0.717, 1.165) is 36.4 Å². The van der Waals surface area contributed by atoms with Crippen LogP contribution >= 0.6 is 11.6 Å². The van der Waals surface area contributed by atoms with Crippen LogP contribution in [0.15, 0.2) is 42.6 Å². The van der Waals surface area contributed by atoms with E-state index >= 15 is 0 Å². The molecule has 2 aliphatic heterocycles. The summed E-state index contributed by atoms with van der Waals surface area (Å²) in [6, 6.07) is 12.1. The van der Waals surface area contributed by atoms with Gasteiger partial charge in [0.25, 0.3) is 5.91 Å². The molecule has 3 heterocycles. The van der Waals surface area contributed by atoms with Gasteiger partial charge in [-0.05, 0) is 72.7 Å². The first kappa shape index (κ1) is 23.2. The number of nitrogens with zero attached hydrogens (tertiary/aromatic N) is 5. The second-order valence-electron chi connectivity index (χ2n) is 10.0. The molecule has 1 atom stereocenters. The van der Waals surface area contributed by atoms with E-state index in [2.05, 4.69) is 34.4 Å². The van der Waals surface area contributed by atoms with Crippen LogP contribution in [-0.2, 0) is 17.8 Å². The zero-order valence-corrected chi connectivity index (χ0v) is 21.2. The maximum absolute atomic E-state index is 12.7. The van der Waals surface area contributed by atoms with Crippen molar-refractivity contribution in [1.29, 1.82) is 0 Å². The molecule has 186 valence electrons. The molecule has 36 heavy (non-hydrogen) atoms. The number of benzene rings is 2. The van der Waals surface area contributed by atoms with Crippen LogP contribution in [0.5, 0.6) is 0 Å². The standard InChI is InChI=1S/C27H29ClN6O2/c1-32-10-9-19-17(14-32)11-18(12-21(19)16-7-8-16)30-27-29-13-23(28)25(31-27)34-15-22(26(35)33(2)36)20-5-3-4-6-24(20)34/h3-6,11-13,16,22,36H,7-10,14-15H2,1-2H3,(H,29,30,31). The van der Waals surface area contributed by atoms with Gasteiger partial charge in [0.2, 0.25) is 5.95 Å². The molecule has 1 unspecified atom stereocenters. The van der Waals surface area contributed by atoms with Crippen molar-refractivity contribution < 1.29 is 10.0 Å². The molecular formula is C27H29ClN6O2. The minimum Gasteiger partial charge on any atom is -0.324 e. The summed E-state index contributed by atoms with van der Waals surface area (Å²) in [6.45, 7) is 2.36. The van der Waals surface area contributed by atoms with Crippen molar-refractivity contribution in [2.75, 3.05) is 37.4 Å². The van der Waals surface area contributed by atoms with Crippen molar-refractivity contribution in [3.63, 3.8) is 0 Å². The molecule has 3 aromatic rings. The average Bonchev–Trinajstić information content (AvgIpc) is 3.64. The SMILES string of the molecule is CN1CCc2c(cc(Nc3ncc(Cl)c(N4CC(C(=O)N(C)O)c5ccccc54)n3)cc2C2CC2)C1. The summed E-state index contributed by atoms with van der Waals surface area (Å²) in [5.41, 5.74) is 7.00. The first-order valence-corrected chi connectivity index (χ1v) is 12.7. The number of hydroxylamine groups is 2. The van der Waals surface area contributed by atoms with Crippen LogP contribution in [0.4, 0.5) is 23.1 Å². The second kappa shape index (κ2) is 9.03. The summed E-state index contributed by atoms with van der Waals surface area (Å²) in [5.74, 6) is 0.743. The summed E-state index contributed by atoms with van der Waals surface area (Å²) < 4.78 is 0. The predicted octanol–water partition coefficient (Wildman–Crippen LogP) is 4.82. The fourth-order valence-corrected chi connectivity index (χ4v) is 5.68. The molecule has 0 spiro atoms. The number of nitrogens with one attached hydrogen (secondary N) is 1. The highest BCUT2D eigenvalue weighted by Crippen LogP contribution is 2.45. The van der Waals surface area contributed by atoms with Crippen molar-refractivity contribution >= 4 is 40.6 Å². The number of amides is 1. The molecule has 1 amide bonds. The fraction of sp³-hybridized carbons (Fsp3) is 0.370. The Bertz CT molecular complexity index is 1340. The number of para-hydroxylation sites is 1. The van der Waals surface area contributed by atoms with E-state index in [9.17, 15) is 10.0 Å². The number of carbonyl (C=O) groups excluding carboxylic acids is 1. The smallest absolute Gasteiger partial charge is 0.255 e. The van der Waals surface area contributed by atoms with Gasteiger partial charge in [0.05, 0.1) is 12.1 Å². The molecule has 1 aliphatic carbocycles. The molecule has 1 saturated carbocycles. The minimum atomic E-state index is -0.516. The zero-order valence-electron chi connectivity index (χ0n) is 20.4. The van der Waals surface area contributed by atoms with Crippen LogP contribution in [-0.4, -0.2) is 58.2 Å². The van der Waals surface area contributed by atoms with Gasteiger partial charge < -0.3 is 15.1 Å². The third kappa shape index (κ3) is 4.19. The summed E-state index contributed by atoms with van der Waals surface area (Å²) >= 11 is 6.58. The van der Waals surface area contributed by atoms with Crippen LogP contribution in [0.1, 0.15) is 46.9 Å². The summed E-state index contributed by atoms with van der Waals surface area (Å²) in [7, 11) is 3.51. The van der Waals surface area contributed by atoms with Crippen LogP contribution in [0.3, 0.4) is 0 Å². The summed E-state index contributed by atoms with van der Waals surface area (Å²) in [4.78, 5) is 26.2. The lowest BCUT2D eigenvalue weighted by Gasteiger charge is -2.28. The quantitative estimate of drug-likeness (QED) is 0.380. The van der Waals surface area contributed by atoms with Crippen molar-refractivity contribution in [1.82, 2.24) is 19.9 Å².